The van der Waals surface area contributed by atoms with Gasteiger partial charge in [0.05, 0.1) is 12.6 Å². The topological polar surface area (TPSA) is 93.5 Å². The van der Waals surface area contributed by atoms with Crippen LogP contribution in [0.25, 0.3) is 0 Å². The van der Waals surface area contributed by atoms with Gasteiger partial charge in [-0.25, -0.2) is 0 Å². The van der Waals surface area contributed by atoms with Crippen LogP contribution in [-0.2, 0) is 9.59 Å². The first-order chi connectivity index (χ1) is 11.5. The van der Waals surface area contributed by atoms with E-state index in [0.717, 1.165) is 0 Å². The van der Waals surface area contributed by atoms with Crippen LogP contribution >= 0.6 is 0 Å². The van der Waals surface area contributed by atoms with Crippen molar-refractivity contribution >= 4 is 17.5 Å². The second kappa shape index (κ2) is 8.70. The number of benzene rings is 1. The molecule has 0 aliphatic carbocycles. The van der Waals surface area contributed by atoms with E-state index in [0.29, 0.717) is 11.3 Å². The summed E-state index contributed by atoms with van der Waals surface area (Å²) in [5.41, 5.74) is 6.47. The lowest BCUT2D eigenvalue weighted by molar-refractivity contribution is -0.153. The highest BCUT2D eigenvalue weighted by atomic mass is 19.4. The molecule has 2 amide bonds. The fourth-order valence-corrected chi connectivity index (χ4v) is 1.84. The summed E-state index contributed by atoms with van der Waals surface area (Å²) in [6, 6.07) is 3.52. The summed E-state index contributed by atoms with van der Waals surface area (Å²) in [7, 11) is 0. The molecule has 140 valence electrons. The largest absolute Gasteiger partial charge is 0.484 e. The van der Waals surface area contributed by atoms with E-state index in [1.54, 1.807) is 20.8 Å². The van der Waals surface area contributed by atoms with Crippen LogP contribution in [0.2, 0.25) is 0 Å². The molecule has 0 spiro atoms. The minimum Gasteiger partial charge on any atom is -0.484 e. The van der Waals surface area contributed by atoms with Crippen LogP contribution < -0.4 is 21.1 Å². The lowest BCUT2D eigenvalue weighted by Crippen LogP contribution is -2.46. The van der Waals surface area contributed by atoms with E-state index in [2.05, 4.69) is 15.4 Å². The number of anilines is 1. The number of amides is 2. The predicted molar refractivity (Wildman–Crippen MR) is 87.2 cm³/mol. The minimum atomic E-state index is -4.42. The Morgan fingerprint density at radius 1 is 1.28 bits per heavy atom. The summed E-state index contributed by atoms with van der Waals surface area (Å²) in [6.07, 6.45) is -4.42. The zero-order chi connectivity index (χ0) is 19.2. The first-order valence-electron chi connectivity index (χ1n) is 7.63. The van der Waals surface area contributed by atoms with Crippen molar-refractivity contribution in [3.8, 4) is 5.75 Å². The predicted octanol–water partition coefficient (Wildman–Crippen LogP) is 1.97. The number of rotatable bonds is 7. The Balaban J connectivity index is 2.55. The van der Waals surface area contributed by atoms with E-state index >= 15 is 0 Å². The van der Waals surface area contributed by atoms with Crippen molar-refractivity contribution in [2.24, 2.45) is 11.7 Å². The molecule has 0 heterocycles. The van der Waals surface area contributed by atoms with Gasteiger partial charge in [-0.05, 0) is 36.6 Å². The Morgan fingerprint density at radius 3 is 2.44 bits per heavy atom. The molecule has 0 saturated heterocycles. The van der Waals surface area contributed by atoms with Crippen LogP contribution in [0.15, 0.2) is 18.2 Å². The number of alkyl halides is 3. The molecule has 4 N–H and O–H groups in total. The van der Waals surface area contributed by atoms with Gasteiger partial charge in [0.2, 0.25) is 11.8 Å². The second-order valence-corrected chi connectivity index (χ2v) is 5.92. The number of hydrogen-bond donors (Lipinski definition) is 3. The van der Waals surface area contributed by atoms with E-state index in [4.69, 9.17) is 5.73 Å². The summed E-state index contributed by atoms with van der Waals surface area (Å²) >= 11 is 0. The molecule has 1 aromatic carbocycles. The summed E-state index contributed by atoms with van der Waals surface area (Å²) in [6.45, 7) is 3.49. The Hall–Kier alpha value is -2.29. The minimum absolute atomic E-state index is 0.0602. The zero-order valence-corrected chi connectivity index (χ0v) is 14.2. The fraction of sp³-hybridized carbons (Fsp3) is 0.500. The van der Waals surface area contributed by atoms with E-state index in [1.807, 2.05) is 0 Å². The Labute approximate surface area is 143 Å². The third-order valence-electron chi connectivity index (χ3n) is 3.29. The van der Waals surface area contributed by atoms with Crippen LogP contribution in [0.5, 0.6) is 5.75 Å². The van der Waals surface area contributed by atoms with Crippen molar-refractivity contribution in [1.29, 1.82) is 0 Å². The highest BCUT2D eigenvalue weighted by Crippen LogP contribution is 2.24. The number of ether oxygens (including phenoxy) is 1. The van der Waals surface area contributed by atoms with Gasteiger partial charge in [-0.3, -0.25) is 9.59 Å². The number of halogens is 3. The molecule has 0 saturated carbocycles. The molecular formula is C16H22F3N3O3. The molecule has 1 aromatic rings. The second-order valence-electron chi connectivity index (χ2n) is 5.92. The lowest BCUT2D eigenvalue weighted by Gasteiger charge is -2.15. The van der Waals surface area contributed by atoms with Crippen LogP contribution in [0, 0.1) is 12.8 Å². The number of carbonyl (C=O) groups excluding carboxylic acids is 2. The number of aryl methyl sites for hydroxylation is 1. The van der Waals surface area contributed by atoms with E-state index < -0.39 is 30.6 Å². The SMILES string of the molecule is Cc1cc(NC(=O)CNC(=O)[C@@H](N)C(C)C)ccc1OCC(F)(F)F. The van der Waals surface area contributed by atoms with Crippen LogP contribution in [-0.4, -0.2) is 37.2 Å². The number of hydrogen-bond acceptors (Lipinski definition) is 4. The molecule has 1 rings (SSSR count). The Morgan fingerprint density at radius 2 is 1.92 bits per heavy atom. The van der Waals surface area contributed by atoms with Crippen molar-refractivity contribution in [3.63, 3.8) is 0 Å². The standard InChI is InChI=1S/C16H22F3N3O3/c1-9(2)14(20)15(24)21-7-13(23)22-11-4-5-12(10(3)6-11)25-8-16(17,18)19/h4-6,9,14H,7-8,20H2,1-3H3,(H,21,24)(H,22,23)/t14-/m0/s1. The van der Waals surface area contributed by atoms with Crippen LogP contribution in [0.3, 0.4) is 0 Å². The molecule has 1 atom stereocenters. The first kappa shape index (κ1) is 20.8. The molecule has 0 aromatic heterocycles. The lowest BCUT2D eigenvalue weighted by atomic mass is 10.1. The molecule has 0 unspecified atom stereocenters. The maximum atomic E-state index is 12.2. The zero-order valence-electron chi connectivity index (χ0n) is 14.2. The average Bonchev–Trinajstić information content (AvgIpc) is 2.50. The van der Waals surface area contributed by atoms with Gasteiger partial charge < -0.3 is 21.1 Å². The molecular weight excluding hydrogens is 339 g/mol. The van der Waals surface area contributed by atoms with Crippen LogP contribution in [0.1, 0.15) is 19.4 Å². The number of nitrogens with one attached hydrogen (secondary N) is 2. The van der Waals surface area contributed by atoms with Gasteiger partial charge in [0.25, 0.3) is 0 Å². The normalized spacial score (nSPS) is 12.6. The molecule has 0 radical (unpaired) electrons. The van der Waals surface area contributed by atoms with Gasteiger partial charge in [-0.15, -0.1) is 0 Å². The van der Waals surface area contributed by atoms with Gasteiger partial charge >= 0.3 is 6.18 Å². The third-order valence-corrected chi connectivity index (χ3v) is 3.29. The summed E-state index contributed by atoms with van der Waals surface area (Å²) in [5.74, 6) is -0.897. The molecule has 6 nitrogen and oxygen atoms in total. The summed E-state index contributed by atoms with van der Waals surface area (Å²) < 4.78 is 41.1. The van der Waals surface area contributed by atoms with Gasteiger partial charge in [-0.2, -0.15) is 13.2 Å². The molecule has 25 heavy (non-hydrogen) atoms. The Kier molecular flexibility index (Phi) is 7.22. The molecule has 0 aliphatic rings. The fourth-order valence-electron chi connectivity index (χ4n) is 1.84. The quantitative estimate of drug-likeness (QED) is 0.692. The Bertz CT molecular complexity index is 618. The van der Waals surface area contributed by atoms with E-state index in [9.17, 15) is 22.8 Å². The summed E-state index contributed by atoms with van der Waals surface area (Å²) in [4.78, 5) is 23.5. The number of carbonyl (C=O) groups is 2. The van der Waals surface area contributed by atoms with Gasteiger partial charge in [0.1, 0.15) is 5.75 Å². The van der Waals surface area contributed by atoms with Crippen LogP contribution in [0.4, 0.5) is 18.9 Å². The maximum Gasteiger partial charge on any atom is 0.422 e. The molecule has 0 bridgehead atoms. The smallest absolute Gasteiger partial charge is 0.422 e. The van der Waals surface area contributed by atoms with Crippen molar-refractivity contribution in [2.75, 3.05) is 18.5 Å². The summed E-state index contributed by atoms with van der Waals surface area (Å²) in [5, 5.41) is 4.95. The van der Waals surface area contributed by atoms with E-state index in [-0.39, 0.29) is 18.2 Å². The monoisotopic (exact) mass is 361 g/mol. The van der Waals surface area contributed by atoms with Gasteiger partial charge in [0, 0.05) is 5.69 Å². The molecule has 0 aliphatic heterocycles. The molecule has 0 fully saturated rings. The van der Waals surface area contributed by atoms with E-state index in [1.165, 1.54) is 18.2 Å². The molecule has 9 heteroatoms. The van der Waals surface area contributed by atoms with Crippen molar-refractivity contribution in [2.45, 2.75) is 33.0 Å². The highest BCUT2D eigenvalue weighted by molar-refractivity contribution is 5.95. The van der Waals surface area contributed by atoms with Crippen molar-refractivity contribution in [3.05, 3.63) is 23.8 Å². The van der Waals surface area contributed by atoms with Crippen molar-refractivity contribution in [1.82, 2.24) is 5.32 Å². The van der Waals surface area contributed by atoms with Gasteiger partial charge in [0.15, 0.2) is 6.61 Å². The third kappa shape index (κ3) is 7.42. The first-order valence-corrected chi connectivity index (χ1v) is 7.63. The highest BCUT2D eigenvalue weighted by Gasteiger charge is 2.28. The van der Waals surface area contributed by atoms with Crippen molar-refractivity contribution < 1.29 is 27.5 Å². The maximum absolute atomic E-state index is 12.2. The number of nitrogens with two attached hydrogens (primary N) is 1. The average molecular weight is 361 g/mol. The van der Waals surface area contributed by atoms with Gasteiger partial charge in [-0.1, -0.05) is 13.8 Å².